The Balaban J connectivity index is 3.52. The van der Waals surface area contributed by atoms with Gasteiger partial charge in [0.05, 0.1) is 0 Å². The molecule has 1 N–H and O–H groups in total. The Morgan fingerprint density at radius 2 is 2.07 bits per heavy atom. The molecule has 88 valence electrons. The molecule has 5 nitrogen and oxygen atoms in total. The topological polar surface area (TPSA) is 58.6 Å². The molecular formula is C10H20N2O3. The molecule has 2 amide bonds. The molecule has 0 heterocycles. The number of rotatable bonds is 5. The molecule has 0 saturated carbocycles. The standard InChI is InChI=1S/C10H20N2O3/c1-10(2,3)15-9(14)11-6-5-7-12(4)8-13/h8H,5-7H2,1-4H3,(H,11,14). The van der Waals surface area contributed by atoms with E-state index in [0.717, 1.165) is 6.41 Å². The van der Waals surface area contributed by atoms with E-state index in [0.29, 0.717) is 19.5 Å². The number of nitrogens with zero attached hydrogens (tertiary/aromatic N) is 1. The van der Waals surface area contributed by atoms with Crippen LogP contribution in [-0.4, -0.2) is 43.1 Å². The number of carbonyl (C=O) groups is 2. The molecule has 0 rings (SSSR count). The number of alkyl carbamates (subject to hydrolysis) is 1. The lowest BCUT2D eigenvalue weighted by molar-refractivity contribution is -0.117. The fourth-order valence-electron chi connectivity index (χ4n) is 0.886. The fourth-order valence-corrected chi connectivity index (χ4v) is 0.886. The van der Waals surface area contributed by atoms with Gasteiger partial charge >= 0.3 is 6.09 Å². The monoisotopic (exact) mass is 216 g/mol. The maximum atomic E-state index is 11.2. The molecule has 0 spiro atoms. The Labute approximate surface area is 90.8 Å². The summed E-state index contributed by atoms with van der Waals surface area (Å²) in [7, 11) is 1.69. The van der Waals surface area contributed by atoms with Gasteiger partial charge in [-0.3, -0.25) is 4.79 Å². The summed E-state index contributed by atoms with van der Waals surface area (Å²) < 4.78 is 5.04. The van der Waals surface area contributed by atoms with Gasteiger partial charge in [-0.1, -0.05) is 0 Å². The first kappa shape index (κ1) is 13.7. The third kappa shape index (κ3) is 9.05. The van der Waals surface area contributed by atoms with E-state index in [2.05, 4.69) is 5.32 Å². The Hall–Kier alpha value is -1.26. The van der Waals surface area contributed by atoms with Gasteiger partial charge in [0.1, 0.15) is 5.60 Å². The van der Waals surface area contributed by atoms with Crippen LogP contribution in [0.5, 0.6) is 0 Å². The fraction of sp³-hybridized carbons (Fsp3) is 0.800. The number of hydrogen-bond acceptors (Lipinski definition) is 3. The number of amides is 2. The maximum Gasteiger partial charge on any atom is 0.407 e. The summed E-state index contributed by atoms with van der Waals surface area (Å²) >= 11 is 0. The van der Waals surface area contributed by atoms with Crippen LogP contribution in [0, 0.1) is 0 Å². The Morgan fingerprint density at radius 1 is 1.47 bits per heavy atom. The molecular weight excluding hydrogens is 196 g/mol. The molecule has 0 bridgehead atoms. The zero-order valence-electron chi connectivity index (χ0n) is 9.87. The van der Waals surface area contributed by atoms with Crippen LogP contribution in [0.15, 0.2) is 0 Å². The number of hydrogen-bond donors (Lipinski definition) is 1. The first-order chi connectivity index (χ1) is 6.85. The van der Waals surface area contributed by atoms with Crippen molar-refractivity contribution in [2.24, 2.45) is 0 Å². The zero-order chi connectivity index (χ0) is 11.9. The van der Waals surface area contributed by atoms with Crippen LogP contribution in [0.4, 0.5) is 4.79 Å². The van der Waals surface area contributed by atoms with Gasteiger partial charge in [0.2, 0.25) is 6.41 Å². The largest absolute Gasteiger partial charge is 0.444 e. The molecule has 0 aliphatic rings. The van der Waals surface area contributed by atoms with Gasteiger partial charge in [-0.05, 0) is 27.2 Å². The van der Waals surface area contributed by atoms with E-state index in [9.17, 15) is 9.59 Å². The average molecular weight is 216 g/mol. The first-order valence-electron chi connectivity index (χ1n) is 4.97. The van der Waals surface area contributed by atoms with E-state index in [-0.39, 0.29) is 0 Å². The minimum atomic E-state index is -0.469. The second kappa shape index (κ2) is 6.27. The van der Waals surface area contributed by atoms with E-state index in [4.69, 9.17) is 4.74 Å². The molecule has 0 atom stereocenters. The van der Waals surface area contributed by atoms with Crippen molar-refractivity contribution in [1.29, 1.82) is 0 Å². The summed E-state index contributed by atoms with van der Waals surface area (Å²) in [5.74, 6) is 0. The minimum Gasteiger partial charge on any atom is -0.444 e. The third-order valence-electron chi connectivity index (χ3n) is 1.54. The van der Waals surface area contributed by atoms with Crippen LogP contribution in [0.2, 0.25) is 0 Å². The minimum absolute atomic E-state index is 0.420. The summed E-state index contributed by atoms with van der Waals surface area (Å²) in [5.41, 5.74) is -0.469. The quantitative estimate of drug-likeness (QED) is 0.550. The van der Waals surface area contributed by atoms with Gasteiger partial charge in [0, 0.05) is 20.1 Å². The molecule has 0 saturated heterocycles. The summed E-state index contributed by atoms with van der Waals surface area (Å²) in [4.78, 5) is 22.9. The smallest absolute Gasteiger partial charge is 0.407 e. The van der Waals surface area contributed by atoms with Crippen LogP contribution in [-0.2, 0) is 9.53 Å². The normalized spacial score (nSPS) is 10.7. The molecule has 0 aliphatic heterocycles. The highest BCUT2D eigenvalue weighted by molar-refractivity contribution is 5.67. The van der Waals surface area contributed by atoms with Crippen LogP contribution < -0.4 is 5.32 Å². The molecule has 0 fully saturated rings. The molecule has 0 radical (unpaired) electrons. The lowest BCUT2D eigenvalue weighted by Crippen LogP contribution is -2.34. The van der Waals surface area contributed by atoms with Gasteiger partial charge in [-0.2, -0.15) is 0 Å². The van der Waals surface area contributed by atoms with Crippen molar-refractivity contribution in [3.8, 4) is 0 Å². The van der Waals surface area contributed by atoms with E-state index in [1.54, 1.807) is 7.05 Å². The summed E-state index contributed by atoms with van der Waals surface area (Å²) in [6, 6.07) is 0. The van der Waals surface area contributed by atoms with Crippen LogP contribution in [0.25, 0.3) is 0 Å². The van der Waals surface area contributed by atoms with E-state index in [1.165, 1.54) is 4.90 Å². The van der Waals surface area contributed by atoms with Crippen molar-refractivity contribution in [2.75, 3.05) is 20.1 Å². The van der Waals surface area contributed by atoms with Gasteiger partial charge in [0.15, 0.2) is 0 Å². The predicted octanol–water partition coefficient (Wildman–Crippen LogP) is 0.989. The predicted molar refractivity (Wildman–Crippen MR) is 57.5 cm³/mol. The molecule has 0 aliphatic carbocycles. The van der Waals surface area contributed by atoms with Crippen molar-refractivity contribution in [2.45, 2.75) is 32.8 Å². The van der Waals surface area contributed by atoms with E-state index < -0.39 is 11.7 Å². The lowest BCUT2D eigenvalue weighted by atomic mass is 10.2. The lowest BCUT2D eigenvalue weighted by Gasteiger charge is -2.19. The Bertz CT molecular complexity index is 211. The Kier molecular flexibility index (Phi) is 5.74. The molecule has 0 aromatic heterocycles. The molecule has 0 aromatic rings. The molecule has 0 unspecified atom stereocenters. The third-order valence-corrected chi connectivity index (χ3v) is 1.54. The van der Waals surface area contributed by atoms with Gasteiger partial charge < -0.3 is 15.0 Å². The second-order valence-corrected chi connectivity index (χ2v) is 4.37. The molecule has 5 heteroatoms. The second-order valence-electron chi connectivity index (χ2n) is 4.37. The summed E-state index contributed by atoms with van der Waals surface area (Å²) in [5, 5.41) is 2.61. The van der Waals surface area contributed by atoms with Crippen LogP contribution in [0.3, 0.4) is 0 Å². The van der Waals surface area contributed by atoms with Crippen molar-refractivity contribution < 1.29 is 14.3 Å². The van der Waals surface area contributed by atoms with Crippen molar-refractivity contribution in [1.82, 2.24) is 10.2 Å². The summed E-state index contributed by atoms with van der Waals surface area (Å²) in [6.07, 6.45) is 1.05. The number of ether oxygens (including phenoxy) is 1. The van der Waals surface area contributed by atoms with Crippen molar-refractivity contribution >= 4 is 12.5 Å². The number of carbonyl (C=O) groups excluding carboxylic acids is 2. The highest BCUT2D eigenvalue weighted by atomic mass is 16.6. The van der Waals surface area contributed by atoms with Crippen molar-refractivity contribution in [3.05, 3.63) is 0 Å². The highest BCUT2D eigenvalue weighted by Crippen LogP contribution is 2.06. The summed E-state index contributed by atoms with van der Waals surface area (Å²) in [6.45, 7) is 6.57. The SMILES string of the molecule is CN(C=O)CCCNC(=O)OC(C)(C)C. The highest BCUT2D eigenvalue weighted by Gasteiger charge is 2.15. The van der Waals surface area contributed by atoms with Gasteiger partial charge in [-0.25, -0.2) is 4.79 Å². The van der Waals surface area contributed by atoms with Crippen LogP contribution >= 0.6 is 0 Å². The Morgan fingerprint density at radius 3 is 2.53 bits per heavy atom. The van der Waals surface area contributed by atoms with E-state index >= 15 is 0 Å². The maximum absolute atomic E-state index is 11.2. The first-order valence-corrected chi connectivity index (χ1v) is 4.97. The van der Waals surface area contributed by atoms with Crippen LogP contribution in [0.1, 0.15) is 27.2 Å². The van der Waals surface area contributed by atoms with Gasteiger partial charge in [0.25, 0.3) is 0 Å². The average Bonchev–Trinajstić information content (AvgIpc) is 2.09. The molecule has 15 heavy (non-hydrogen) atoms. The van der Waals surface area contributed by atoms with E-state index in [1.807, 2.05) is 20.8 Å². The molecule has 0 aromatic carbocycles. The zero-order valence-corrected chi connectivity index (χ0v) is 9.87. The number of nitrogens with one attached hydrogen (secondary N) is 1. The van der Waals surface area contributed by atoms with Gasteiger partial charge in [-0.15, -0.1) is 0 Å². The van der Waals surface area contributed by atoms with Crippen molar-refractivity contribution in [3.63, 3.8) is 0 Å².